The second-order valence-corrected chi connectivity index (χ2v) is 6.89. The Morgan fingerprint density at radius 1 is 1.36 bits per heavy atom. The molecule has 0 radical (unpaired) electrons. The van der Waals surface area contributed by atoms with Crippen molar-refractivity contribution in [1.82, 2.24) is 20.0 Å². The van der Waals surface area contributed by atoms with Crippen molar-refractivity contribution in [3.8, 4) is 0 Å². The summed E-state index contributed by atoms with van der Waals surface area (Å²) in [5.41, 5.74) is 1.35. The van der Waals surface area contributed by atoms with Crippen LogP contribution in [0, 0.1) is 11.8 Å². The number of aryl methyl sites for hydroxylation is 1. The molecule has 22 heavy (non-hydrogen) atoms. The minimum absolute atomic E-state index is 0.717. The monoisotopic (exact) mass is 303 g/mol. The zero-order chi connectivity index (χ0) is 15.4. The number of aromatic nitrogens is 2. The second kappa shape index (κ2) is 7.16. The third kappa shape index (κ3) is 4.24. The molecule has 1 aromatic heterocycles. The zero-order valence-corrected chi connectivity index (χ0v) is 14.0. The number of rotatable bonds is 6. The SMILES string of the molecule is CN=C(NCCCC1CC1)N1CCC(Cc2cnn(C)c2)C1. The second-order valence-electron chi connectivity index (χ2n) is 6.89. The van der Waals surface area contributed by atoms with Crippen LogP contribution in [0.1, 0.15) is 37.7 Å². The van der Waals surface area contributed by atoms with Crippen LogP contribution in [0.5, 0.6) is 0 Å². The molecule has 1 unspecified atom stereocenters. The van der Waals surface area contributed by atoms with Gasteiger partial charge in [0.2, 0.25) is 0 Å². The van der Waals surface area contributed by atoms with E-state index in [0.717, 1.165) is 37.9 Å². The smallest absolute Gasteiger partial charge is 0.193 e. The van der Waals surface area contributed by atoms with Crippen LogP contribution in [0.4, 0.5) is 0 Å². The Kier molecular flexibility index (Phi) is 5.01. The van der Waals surface area contributed by atoms with Crippen LogP contribution in [0.15, 0.2) is 17.4 Å². The Morgan fingerprint density at radius 2 is 2.23 bits per heavy atom. The predicted molar refractivity (Wildman–Crippen MR) is 89.9 cm³/mol. The van der Waals surface area contributed by atoms with Crippen LogP contribution in [-0.4, -0.2) is 47.3 Å². The van der Waals surface area contributed by atoms with Gasteiger partial charge >= 0.3 is 0 Å². The van der Waals surface area contributed by atoms with Gasteiger partial charge in [0.25, 0.3) is 0 Å². The Labute approximate surface area is 133 Å². The quantitative estimate of drug-likeness (QED) is 0.497. The minimum atomic E-state index is 0.717. The topological polar surface area (TPSA) is 45.5 Å². The Bertz CT molecular complexity index is 503. The summed E-state index contributed by atoms with van der Waals surface area (Å²) < 4.78 is 1.89. The maximum Gasteiger partial charge on any atom is 0.193 e. The van der Waals surface area contributed by atoms with Gasteiger partial charge in [0.05, 0.1) is 6.20 Å². The lowest BCUT2D eigenvalue weighted by Crippen LogP contribution is -2.40. The molecule has 1 saturated carbocycles. The molecule has 1 atom stereocenters. The molecule has 0 bridgehead atoms. The van der Waals surface area contributed by atoms with E-state index in [9.17, 15) is 0 Å². The van der Waals surface area contributed by atoms with Crippen molar-refractivity contribution >= 4 is 5.96 Å². The average Bonchev–Trinajstić information content (AvgIpc) is 3.08. The van der Waals surface area contributed by atoms with Gasteiger partial charge in [-0.05, 0) is 43.1 Å². The number of nitrogens with zero attached hydrogens (tertiary/aromatic N) is 4. The highest BCUT2D eigenvalue weighted by Crippen LogP contribution is 2.33. The minimum Gasteiger partial charge on any atom is -0.356 e. The molecular formula is C17H29N5. The zero-order valence-electron chi connectivity index (χ0n) is 14.0. The number of likely N-dealkylation sites (tertiary alicyclic amines) is 1. The summed E-state index contributed by atoms with van der Waals surface area (Å²) in [5, 5.41) is 7.81. The van der Waals surface area contributed by atoms with Crippen molar-refractivity contribution in [2.45, 2.75) is 38.5 Å². The van der Waals surface area contributed by atoms with E-state index < -0.39 is 0 Å². The molecule has 1 aromatic rings. The molecule has 5 nitrogen and oxygen atoms in total. The van der Waals surface area contributed by atoms with Gasteiger partial charge in [0.1, 0.15) is 0 Å². The molecule has 1 aliphatic carbocycles. The van der Waals surface area contributed by atoms with Crippen molar-refractivity contribution in [1.29, 1.82) is 0 Å². The molecule has 2 aliphatic rings. The summed E-state index contributed by atoms with van der Waals surface area (Å²) >= 11 is 0. The molecule has 0 amide bonds. The number of guanidine groups is 1. The van der Waals surface area contributed by atoms with E-state index in [4.69, 9.17) is 0 Å². The molecular weight excluding hydrogens is 274 g/mol. The van der Waals surface area contributed by atoms with Crippen LogP contribution < -0.4 is 5.32 Å². The highest BCUT2D eigenvalue weighted by molar-refractivity contribution is 5.80. The summed E-state index contributed by atoms with van der Waals surface area (Å²) in [5.74, 6) is 2.83. The van der Waals surface area contributed by atoms with Gasteiger partial charge in [-0.15, -0.1) is 0 Å². The van der Waals surface area contributed by atoms with Gasteiger partial charge in [0.15, 0.2) is 5.96 Å². The lowest BCUT2D eigenvalue weighted by Gasteiger charge is -2.21. The summed E-state index contributed by atoms with van der Waals surface area (Å²) in [6.45, 7) is 3.29. The lowest BCUT2D eigenvalue weighted by molar-refractivity contribution is 0.458. The third-order valence-electron chi connectivity index (χ3n) is 4.85. The predicted octanol–water partition coefficient (Wildman–Crippen LogP) is 2.05. The lowest BCUT2D eigenvalue weighted by atomic mass is 10.0. The van der Waals surface area contributed by atoms with E-state index in [1.165, 1.54) is 37.7 Å². The third-order valence-corrected chi connectivity index (χ3v) is 4.85. The summed E-state index contributed by atoms with van der Waals surface area (Å²) in [4.78, 5) is 6.88. The Balaban J connectivity index is 1.41. The Morgan fingerprint density at radius 3 is 2.91 bits per heavy atom. The fourth-order valence-electron chi connectivity index (χ4n) is 3.43. The van der Waals surface area contributed by atoms with E-state index in [1.807, 2.05) is 25.0 Å². The van der Waals surface area contributed by atoms with Gasteiger partial charge in [-0.25, -0.2) is 0 Å². The molecule has 1 aliphatic heterocycles. The number of nitrogens with one attached hydrogen (secondary N) is 1. The van der Waals surface area contributed by atoms with Crippen molar-refractivity contribution < 1.29 is 0 Å². The molecule has 1 saturated heterocycles. The van der Waals surface area contributed by atoms with Crippen molar-refractivity contribution in [3.63, 3.8) is 0 Å². The molecule has 0 aromatic carbocycles. The first-order valence-corrected chi connectivity index (χ1v) is 8.67. The fraction of sp³-hybridized carbons (Fsp3) is 0.765. The summed E-state index contributed by atoms with van der Waals surface area (Å²) in [6.07, 6.45) is 12.1. The van der Waals surface area contributed by atoms with Crippen LogP contribution in [0.25, 0.3) is 0 Å². The normalized spacial score (nSPS) is 22.4. The van der Waals surface area contributed by atoms with E-state index in [0.29, 0.717) is 5.92 Å². The maximum absolute atomic E-state index is 4.46. The number of aliphatic imine (C=N–C) groups is 1. The molecule has 0 spiro atoms. The van der Waals surface area contributed by atoms with Crippen LogP contribution >= 0.6 is 0 Å². The van der Waals surface area contributed by atoms with Gasteiger partial charge in [-0.1, -0.05) is 12.8 Å². The van der Waals surface area contributed by atoms with Crippen LogP contribution in [0.3, 0.4) is 0 Å². The van der Waals surface area contributed by atoms with Crippen molar-refractivity contribution in [2.24, 2.45) is 23.9 Å². The van der Waals surface area contributed by atoms with Crippen LogP contribution in [-0.2, 0) is 13.5 Å². The molecule has 5 heteroatoms. The summed E-state index contributed by atoms with van der Waals surface area (Å²) in [6, 6.07) is 0. The highest BCUT2D eigenvalue weighted by atomic mass is 15.3. The van der Waals surface area contributed by atoms with E-state index in [2.05, 4.69) is 26.5 Å². The number of hydrogen-bond donors (Lipinski definition) is 1. The summed E-state index contributed by atoms with van der Waals surface area (Å²) in [7, 11) is 3.88. The maximum atomic E-state index is 4.46. The largest absolute Gasteiger partial charge is 0.356 e. The first-order valence-electron chi connectivity index (χ1n) is 8.67. The van der Waals surface area contributed by atoms with E-state index in [1.54, 1.807) is 0 Å². The fourth-order valence-corrected chi connectivity index (χ4v) is 3.43. The number of hydrogen-bond acceptors (Lipinski definition) is 2. The Hall–Kier alpha value is -1.52. The molecule has 1 N–H and O–H groups in total. The average molecular weight is 303 g/mol. The van der Waals surface area contributed by atoms with Crippen LogP contribution in [0.2, 0.25) is 0 Å². The van der Waals surface area contributed by atoms with Crippen molar-refractivity contribution in [2.75, 3.05) is 26.7 Å². The molecule has 3 rings (SSSR count). The molecule has 122 valence electrons. The van der Waals surface area contributed by atoms with Crippen molar-refractivity contribution in [3.05, 3.63) is 18.0 Å². The first-order chi connectivity index (χ1) is 10.7. The molecule has 2 heterocycles. The van der Waals surface area contributed by atoms with E-state index in [-0.39, 0.29) is 0 Å². The van der Waals surface area contributed by atoms with E-state index >= 15 is 0 Å². The van der Waals surface area contributed by atoms with Gasteiger partial charge in [-0.3, -0.25) is 9.67 Å². The molecule has 2 fully saturated rings. The highest BCUT2D eigenvalue weighted by Gasteiger charge is 2.25. The first kappa shape index (κ1) is 15.4. The van der Waals surface area contributed by atoms with Gasteiger partial charge < -0.3 is 10.2 Å². The standard InChI is InChI=1S/C17H29N5/c1-18-17(19-8-3-4-14-5-6-14)22-9-7-15(13-22)10-16-11-20-21(2)12-16/h11-12,14-15H,3-10,13H2,1-2H3,(H,18,19). The van der Waals surface area contributed by atoms with Gasteiger partial charge in [0, 0.05) is 39.9 Å². The van der Waals surface area contributed by atoms with Gasteiger partial charge in [-0.2, -0.15) is 5.10 Å².